The Bertz CT molecular complexity index is 790. The van der Waals surface area contributed by atoms with Crippen molar-refractivity contribution in [2.75, 3.05) is 20.8 Å². The van der Waals surface area contributed by atoms with E-state index in [0.717, 1.165) is 17.5 Å². The second-order valence-corrected chi connectivity index (χ2v) is 7.29. The van der Waals surface area contributed by atoms with Crippen molar-refractivity contribution < 1.29 is 14.2 Å². The van der Waals surface area contributed by atoms with Crippen LogP contribution in [0.4, 0.5) is 0 Å². The van der Waals surface area contributed by atoms with Gasteiger partial charge in [-0.3, -0.25) is 0 Å². The van der Waals surface area contributed by atoms with Crippen LogP contribution in [0, 0.1) is 0 Å². The Morgan fingerprint density at radius 1 is 1.07 bits per heavy atom. The molecule has 1 heterocycles. The van der Waals surface area contributed by atoms with Crippen molar-refractivity contribution in [3.8, 4) is 17.4 Å². The van der Waals surface area contributed by atoms with Gasteiger partial charge in [0.05, 0.1) is 20.8 Å². The fraction of sp³-hybridized carbons (Fsp3) is 0.429. The van der Waals surface area contributed by atoms with E-state index >= 15 is 0 Å². The number of nitrogens with two attached hydrogens (primary N) is 1. The second kappa shape index (κ2) is 11.7. The summed E-state index contributed by atoms with van der Waals surface area (Å²) in [5, 5.41) is 3.12. The molecule has 8 heteroatoms. The van der Waals surface area contributed by atoms with E-state index in [1.807, 2.05) is 51.1 Å². The molecule has 0 radical (unpaired) electrons. The zero-order chi connectivity index (χ0) is 20.6. The van der Waals surface area contributed by atoms with Crippen LogP contribution in [-0.4, -0.2) is 37.3 Å². The molecule has 0 amide bonds. The minimum atomic E-state index is -0.269. The third kappa shape index (κ3) is 8.76. The van der Waals surface area contributed by atoms with Crippen LogP contribution >= 0.6 is 24.0 Å². The monoisotopic (exact) mass is 514 g/mol. The second-order valence-electron chi connectivity index (χ2n) is 7.29. The molecule has 0 unspecified atom stereocenters. The van der Waals surface area contributed by atoms with Crippen LogP contribution in [0.5, 0.6) is 17.4 Å². The van der Waals surface area contributed by atoms with Crippen molar-refractivity contribution in [3.05, 3.63) is 47.7 Å². The number of hydrogen-bond acceptors (Lipinski definition) is 5. The van der Waals surface area contributed by atoms with Crippen molar-refractivity contribution in [1.82, 2.24) is 10.3 Å². The Hall–Kier alpha value is -2.23. The van der Waals surface area contributed by atoms with E-state index in [-0.39, 0.29) is 29.6 Å². The average Bonchev–Trinajstić information content (AvgIpc) is 2.66. The maximum atomic E-state index is 5.95. The number of rotatable bonds is 8. The summed E-state index contributed by atoms with van der Waals surface area (Å²) in [6.07, 6.45) is 2.54. The Balaban J connectivity index is 0.00000420. The molecule has 0 saturated carbocycles. The number of nitrogens with zero attached hydrogens (tertiary/aromatic N) is 2. The van der Waals surface area contributed by atoms with E-state index in [9.17, 15) is 0 Å². The first kappa shape index (κ1) is 24.8. The highest BCUT2D eigenvalue weighted by Crippen LogP contribution is 2.27. The van der Waals surface area contributed by atoms with E-state index in [2.05, 4.69) is 15.3 Å². The van der Waals surface area contributed by atoms with Crippen LogP contribution in [0.2, 0.25) is 0 Å². The van der Waals surface area contributed by atoms with Crippen molar-refractivity contribution >= 4 is 29.9 Å². The molecule has 0 fully saturated rings. The molecule has 2 rings (SSSR count). The van der Waals surface area contributed by atoms with Gasteiger partial charge in [0.1, 0.15) is 5.60 Å². The maximum absolute atomic E-state index is 5.95. The molecule has 1 aromatic heterocycles. The molecule has 0 atom stereocenters. The summed E-state index contributed by atoms with van der Waals surface area (Å²) >= 11 is 0. The van der Waals surface area contributed by atoms with Crippen LogP contribution in [0.3, 0.4) is 0 Å². The first-order chi connectivity index (χ1) is 13.3. The lowest BCUT2D eigenvalue weighted by Gasteiger charge is -2.20. The molecule has 160 valence electrons. The molecule has 1 aromatic carbocycles. The smallest absolute Gasteiger partial charge is 0.213 e. The van der Waals surface area contributed by atoms with Crippen LogP contribution < -0.4 is 25.3 Å². The number of pyridine rings is 1. The molecule has 0 spiro atoms. The highest BCUT2D eigenvalue weighted by Gasteiger charge is 2.12. The van der Waals surface area contributed by atoms with Gasteiger partial charge in [-0.25, -0.2) is 9.98 Å². The largest absolute Gasteiger partial charge is 0.493 e. The van der Waals surface area contributed by atoms with Crippen molar-refractivity contribution in [1.29, 1.82) is 0 Å². The lowest BCUT2D eigenvalue weighted by atomic mass is 10.1. The number of nitrogens with one attached hydrogen (secondary N) is 1. The highest BCUT2D eigenvalue weighted by molar-refractivity contribution is 14.0. The summed E-state index contributed by atoms with van der Waals surface area (Å²) in [7, 11) is 3.25. The summed E-state index contributed by atoms with van der Waals surface area (Å²) in [5.41, 5.74) is 7.77. The number of methoxy groups -OCH3 is 2. The summed E-state index contributed by atoms with van der Waals surface area (Å²) in [6.45, 7) is 7.09. The molecule has 0 aliphatic carbocycles. The third-order valence-corrected chi connectivity index (χ3v) is 3.81. The molecule has 0 aliphatic heterocycles. The van der Waals surface area contributed by atoms with Gasteiger partial charge in [-0.15, -0.1) is 24.0 Å². The van der Waals surface area contributed by atoms with Gasteiger partial charge in [0, 0.05) is 18.8 Å². The minimum Gasteiger partial charge on any atom is -0.493 e. The summed E-state index contributed by atoms with van der Waals surface area (Å²) < 4.78 is 16.3. The molecule has 29 heavy (non-hydrogen) atoms. The molecule has 0 bridgehead atoms. The predicted octanol–water partition coefficient (Wildman–Crippen LogP) is 3.54. The Labute approximate surface area is 190 Å². The fourth-order valence-electron chi connectivity index (χ4n) is 2.48. The van der Waals surface area contributed by atoms with Crippen LogP contribution in [-0.2, 0) is 13.0 Å². The van der Waals surface area contributed by atoms with Gasteiger partial charge < -0.3 is 25.3 Å². The van der Waals surface area contributed by atoms with Gasteiger partial charge in [0.15, 0.2) is 17.5 Å². The zero-order valence-corrected chi connectivity index (χ0v) is 20.0. The topological polar surface area (TPSA) is 91.0 Å². The standard InChI is InChI=1S/C21H30N4O3.HI/c1-21(2,3)28-19-9-7-16(13-24-19)14-25-20(22)23-11-10-15-6-8-17(26-4)18(12-15)27-5;/h6-9,12-13H,10-11,14H2,1-5H3,(H3,22,23,25);1H. The molecule has 0 saturated heterocycles. The number of benzene rings is 1. The minimum absolute atomic E-state index is 0. The lowest BCUT2D eigenvalue weighted by Crippen LogP contribution is -2.33. The quantitative estimate of drug-likeness (QED) is 0.318. The van der Waals surface area contributed by atoms with Crippen molar-refractivity contribution in [2.24, 2.45) is 10.7 Å². The first-order valence-corrected chi connectivity index (χ1v) is 9.19. The van der Waals surface area contributed by atoms with Gasteiger partial charge in [0.2, 0.25) is 5.88 Å². The van der Waals surface area contributed by atoms with Gasteiger partial charge in [-0.05, 0) is 50.5 Å². The normalized spacial score (nSPS) is 11.4. The highest BCUT2D eigenvalue weighted by atomic mass is 127. The van der Waals surface area contributed by atoms with E-state index in [0.29, 0.717) is 36.4 Å². The Kier molecular flexibility index (Phi) is 10.0. The van der Waals surface area contributed by atoms with Crippen molar-refractivity contribution in [3.63, 3.8) is 0 Å². The van der Waals surface area contributed by atoms with Crippen LogP contribution in [0.1, 0.15) is 31.9 Å². The van der Waals surface area contributed by atoms with E-state index in [4.69, 9.17) is 19.9 Å². The van der Waals surface area contributed by atoms with E-state index < -0.39 is 0 Å². The number of guanidine groups is 1. The number of halogens is 1. The number of hydrogen-bond donors (Lipinski definition) is 2. The fourth-order valence-corrected chi connectivity index (χ4v) is 2.48. The Morgan fingerprint density at radius 3 is 2.34 bits per heavy atom. The van der Waals surface area contributed by atoms with Gasteiger partial charge >= 0.3 is 0 Å². The molecule has 0 aliphatic rings. The van der Waals surface area contributed by atoms with E-state index in [1.165, 1.54) is 0 Å². The van der Waals surface area contributed by atoms with Gasteiger partial charge in [-0.1, -0.05) is 12.1 Å². The molecular weight excluding hydrogens is 483 g/mol. The zero-order valence-electron chi connectivity index (χ0n) is 17.7. The first-order valence-electron chi connectivity index (χ1n) is 9.19. The predicted molar refractivity (Wildman–Crippen MR) is 127 cm³/mol. The lowest BCUT2D eigenvalue weighted by molar-refractivity contribution is 0.124. The average molecular weight is 514 g/mol. The molecular formula is C21H31IN4O3. The van der Waals surface area contributed by atoms with Crippen LogP contribution in [0.15, 0.2) is 41.5 Å². The van der Waals surface area contributed by atoms with E-state index in [1.54, 1.807) is 20.4 Å². The van der Waals surface area contributed by atoms with Crippen molar-refractivity contribution in [2.45, 2.75) is 39.3 Å². The number of aliphatic imine (C=N–C) groups is 1. The Morgan fingerprint density at radius 2 is 1.76 bits per heavy atom. The molecule has 3 N–H and O–H groups in total. The number of ether oxygens (including phenoxy) is 3. The maximum Gasteiger partial charge on any atom is 0.213 e. The number of aromatic nitrogens is 1. The third-order valence-electron chi connectivity index (χ3n) is 3.81. The summed E-state index contributed by atoms with van der Waals surface area (Å²) in [5.74, 6) is 2.43. The molecule has 2 aromatic rings. The summed E-state index contributed by atoms with van der Waals surface area (Å²) in [4.78, 5) is 8.65. The molecule has 7 nitrogen and oxygen atoms in total. The van der Waals surface area contributed by atoms with Gasteiger partial charge in [-0.2, -0.15) is 0 Å². The summed E-state index contributed by atoms with van der Waals surface area (Å²) in [6, 6.07) is 9.64. The van der Waals surface area contributed by atoms with Gasteiger partial charge in [0.25, 0.3) is 0 Å². The van der Waals surface area contributed by atoms with Crippen LogP contribution in [0.25, 0.3) is 0 Å². The SMILES string of the molecule is COc1ccc(CCNC(N)=NCc2ccc(OC(C)(C)C)nc2)cc1OC.I.